The largest absolute Gasteiger partial charge is 0.479 e. The van der Waals surface area contributed by atoms with Gasteiger partial charge in [0.05, 0.1) is 4.90 Å². The minimum absolute atomic E-state index is 0.0981. The fourth-order valence-electron chi connectivity index (χ4n) is 4.35. The second-order valence-electron chi connectivity index (χ2n) is 9.59. The number of hydrogen-bond donors (Lipinski definition) is 3. The van der Waals surface area contributed by atoms with Crippen LogP contribution in [0.4, 0.5) is 0 Å². The van der Waals surface area contributed by atoms with E-state index in [1.54, 1.807) is 47.4 Å². The number of hydrogen-bond acceptors (Lipinski definition) is 5. The highest BCUT2D eigenvalue weighted by Crippen LogP contribution is 2.23. The van der Waals surface area contributed by atoms with Crippen molar-refractivity contribution in [2.24, 2.45) is 11.8 Å². The van der Waals surface area contributed by atoms with Crippen LogP contribution in [-0.2, 0) is 24.4 Å². The van der Waals surface area contributed by atoms with Crippen molar-refractivity contribution < 1.29 is 27.9 Å². The molecule has 2 aromatic rings. The Morgan fingerprint density at radius 3 is 2.16 bits per heavy atom. The monoisotopic (exact) mass is 529 g/mol. The molecule has 0 aromatic heterocycles. The zero-order valence-corrected chi connectivity index (χ0v) is 22.2. The molecule has 10 heteroatoms. The maximum Gasteiger partial charge on any atom is 0.330 e. The van der Waals surface area contributed by atoms with Gasteiger partial charge in [-0.2, -0.15) is 4.72 Å². The summed E-state index contributed by atoms with van der Waals surface area (Å²) in [6, 6.07) is 12.8. The number of carboxylic acid groups (broad SMARTS) is 1. The van der Waals surface area contributed by atoms with Crippen molar-refractivity contribution in [1.29, 1.82) is 0 Å². The van der Waals surface area contributed by atoms with Crippen LogP contribution in [-0.4, -0.2) is 55.3 Å². The first-order valence-corrected chi connectivity index (χ1v) is 14.0. The van der Waals surface area contributed by atoms with Crippen LogP contribution in [0.5, 0.6) is 0 Å². The number of aryl methyl sites for hydroxylation is 1. The molecule has 0 radical (unpaired) electrons. The van der Waals surface area contributed by atoms with Crippen molar-refractivity contribution in [2.75, 3.05) is 13.1 Å². The molecule has 0 saturated carbocycles. The van der Waals surface area contributed by atoms with Gasteiger partial charge in [-0.3, -0.25) is 9.59 Å². The van der Waals surface area contributed by atoms with E-state index in [0.717, 1.165) is 5.56 Å². The lowest BCUT2D eigenvalue weighted by atomic mass is 9.93. The van der Waals surface area contributed by atoms with Gasteiger partial charge in [-0.1, -0.05) is 68.3 Å². The van der Waals surface area contributed by atoms with Gasteiger partial charge in [0.25, 0.3) is 0 Å². The van der Waals surface area contributed by atoms with E-state index < -0.39 is 34.0 Å². The standard InChI is InChI=1S/C27H35N3O6S/c1-4-19(3)23(29-37(35,36)22-12-10-18(2)11-13-22)26(32)30-16-14-21(15-17-30)25(31)28-24(27(33)34)20-8-6-5-7-9-20/h5-13,19,21,23-24,29H,4,14-17H2,1-3H3,(H,28,31)(H,33,34)/t19-,23+,24+/m1/s1. The van der Waals surface area contributed by atoms with E-state index in [2.05, 4.69) is 10.0 Å². The predicted molar refractivity (Wildman–Crippen MR) is 139 cm³/mol. The van der Waals surface area contributed by atoms with Gasteiger partial charge < -0.3 is 15.3 Å². The van der Waals surface area contributed by atoms with Crippen molar-refractivity contribution in [1.82, 2.24) is 14.9 Å². The van der Waals surface area contributed by atoms with Crippen LogP contribution in [0.2, 0.25) is 0 Å². The number of nitrogens with zero attached hydrogens (tertiary/aromatic N) is 1. The molecule has 37 heavy (non-hydrogen) atoms. The van der Waals surface area contributed by atoms with E-state index in [1.807, 2.05) is 20.8 Å². The van der Waals surface area contributed by atoms with Gasteiger partial charge in [0.2, 0.25) is 21.8 Å². The van der Waals surface area contributed by atoms with E-state index in [1.165, 1.54) is 12.1 Å². The molecule has 2 amide bonds. The summed E-state index contributed by atoms with van der Waals surface area (Å²) >= 11 is 0. The number of sulfonamides is 1. The quantitative estimate of drug-likeness (QED) is 0.434. The highest BCUT2D eigenvalue weighted by Gasteiger charge is 2.36. The number of rotatable bonds is 10. The molecule has 1 aliphatic heterocycles. The molecule has 3 rings (SSSR count). The van der Waals surface area contributed by atoms with Crippen molar-refractivity contribution in [3.05, 3.63) is 65.7 Å². The Balaban J connectivity index is 1.65. The number of piperidine rings is 1. The van der Waals surface area contributed by atoms with Gasteiger partial charge in [0.15, 0.2) is 6.04 Å². The van der Waals surface area contributed by atoms with Gasteiger partial charge in [0, 0.05) is 19.0 Å². The van der Waals surface area contributed by atoms with Gasteiger partial charge in [0.1, 0.15) is 6.04 Å². The molecule has 0 spiro atoms. The first-order valence-electron chi connectivity index (χ1n) is 12.5. The minimum atomic E-state index is -3.90. The summed E-state index contributed by atoms with van der Waals surface area (Å²) in [5, 5.41) is 12.2. The highest BCUT2D eigenvalue weighted by molar-refractivity contribution is 7.89. The number of amides is 2. The van der Waals surface area contributed by atoms with E-state index >= 15 is 0 Å². The molecular weight excluding hydrogens is 494 g/mol. The Morgan fingerprint density at radius 1 is 1.03 bits per heavy atom. The lowest BCUT2D eigenvalue weighted by Gasteiger charge is -2.35. The molecule has 1 aliphatic rings. The summed E-state index contributed by atoms with van der Waals surface area (Å²) in [7, 11) is -3.90. The van der Waals surface area contributed by atoms with Crippen molar-refractivity contribution in [3.63, 3.8) is 0 Å². The molecule has 9 nitrogen and oxygen atoms in total. The molecule has 0 aliphatic carbocycles. The van der Waals surface area contributed by atoms with Crippen molar-refractivity contribution in [3.8, 4) is 0 Å². The van der Waals surface area contributed by atoms with Gasteiger partial charge in [-0.15, -0.1) is 0 Å². The predicted octanol–water partition coefficient (Wildman–Crippen LogP) is 2.87. The third-order valence-electron chi connectivity index (χ3n) is 6.94. The van der Waals surface area contributed by atoms with E-state index in [0.29, 0.717) is 24.8 Å². The Bertz CT molecular complexity index is 1190. The maximum atomic E-state index is 13.4. The molecule has 2 aromatic carbocycles. The fourth-order valence-corrected chi connectivity index (χ4v) is 5.65. The normalized spacial score (nSPS) is 17.0. The number of carbonyl (C=O) groups is 3. The second kappa shape index (κ2) is 12.3. The van der Waals surface area contributed by atoms with Crippen LogP contribution in [0.1, 0.15) is 50.3 Å². The van der Waals surface area contributed by atoms with E-state index in [4.69, 9.17) is 0 Å². The Morgan fingerprint density at radius 2 is 1.62 bits per heavy atom. The van der Waals surface area contributed by atoms with Crippen LogP contribution in [0.3, 0.4) is 0 Å². The molecule has 1 heterocycles. The van der Waals surface area contributed by atoms with Crippen molar-refractivity contribution >= 4 is 27.8 Å². The third kappa shape index (κ3) is 7.17. The summed E-state index contributed by atoms with van der Waals surface area (Å²) in [5.41, 5.74) is 1.41. The second-order valence-corrected chi connectivity index (χ2v) is 11.3. The SMILES string of the molecule is CC[C@@H](C)[C@H](NS(=O)(=O)c1ccc(C)cc1)C(=O)N1CCC(C(=O)N[C@H](C(=O)O)c2ccccc2)CC1. The van der Waals surface area contributed by atoms with Gasteiger partial charge >= 0.3 is 5.97 Å². The molecule has 3 N–H and O–H groups in total. The molecule has 1 fully saturated rings. The van der Waals surface area contributed by atoms with Crippen LogP contribution in [0, 0.1) is 18.8 Å². The first kappa shape index (κ1) is 28.3. The number of likely N-dealkylation sites (tertiary alicyclic amines) is 1. The van der Waals surface area contributed by atoms with Crippen LogP contribution in [0.15, 0.2) is 59.5 Å². The molecule has 200 valence electrons. The number of benzene rings is 2. The molecule has 1 saturated heterocycles. The molecule has 0 bridgehead atoms. The summed E-state index contributed by atoms with van der Waals surface area (Å²) in [6.45, 7) is 6.14. The summed E-state index contributed by atoms with van der Waals surface area (Å²) < 4.78 is 28.6. The highest BCUT2D eigenvalue weighted by atomic mass is 32.2. The van der Waals surface area contributed by atoms with Crippen LogP contribution < -0.4 is 10.0 Å². The third-order valence-corrected chi connectivity index (χ3v) is 8.39. The Labute approximate surface area is 218 Å². The molecular formula is C27H35N3O6S. The minimum Gasteiger partial charge on any atom is -0.479 e. The maximum absolute atomic E-state index is 13.4. The van der Waals surface area contributed by atoms with Crippen LogP contribution in [0.25, 0.3) is 0 Å². The fraction of sp³-hybridized carbons (Fsp3) is 0.444. The summed E-state index contributed by atoms with van der Waals surface area (Å²) in [6.07, 6.45) is 1.31. The zero-order valence-electron chi connectivity index (χ0n) is 21.4. The summed E-state index contributed by atoms with van der Waals surface area (Å²) in [5.74, 6) is -2.53. The zero-order chi connectivity index (χ0) is 27.2. The topological polar surface area (TPSA) is 133 Å². The van der Waals surface area contributed by atoms with Gasteiger partial charge in [-0.05, 0) is 43.4 Å². The average molecular weight is 530 g/mol. The molecule has 3 atom stereocenters. The number of carbonyl (C=O) groups excluding carboxylic acids is 2. The first-order chi connectivity index (χ1) is 17.5. The molecule has 0 unspecified atom stereocenters. The number of carboxylic acids is 1. The number of nitrogens with one attached hydrogen (secondary N) is 2. The van der Waals surface area contributed by atoms with Crippen molar-refractivity contribution in [2.45, 2.75) is 57.0 Å². The Kier molecular flexibility index (Phi) is 9.45. The average Bonchev–Trinajstić information content (AvgIpc) is 2.90. The van der Waals surface area contributed by atoms with E-state index in [9.17, 15) is 27.9 Å². The summed E-state index contributed by atoms with van der Waals surface area (Å²) in [4.78, 5) is 39.7. The van der Waals surface area contributed by atoms with Gasteiger partial charge in [-0.25, -0.2) is 13.2 Å². The van der Waals surface area contributed by atoms with E-state index in [-0.39, 0.29) is 35.7 Å². The smallest absolute Gasteiger partial charge is 0.330 e. The lowest BCUT2D eigenvalue weighted by molar-refractivity contribution is -0.143. The lowest BCUT2D eigenvalue weighted by Crippen LogP contribution is -2.54. The number of aliphatic carboxylic acids is 1. The Hall–Kier alpha value is -3.24. The van der Waals surface area contributed by atoms with Crippen LogP contribution >= 0.6 is 0 Å².